The van der Waals surface area contributed by atoms with Gasteiger partial charge in [-0.25, -0.2) is 9.18 Å². The minimum Gasteiger partial charge on any atom is -0.433 e. The van der Waals surface area contributed by atoms with Gasteiger partial charge >= 0.3 is 47.7 Å². The van der Waals surface area contributed by atoms with Crippen molar-refractivity contribution in [3.63, 3.8) is 0 Å². The Morgan fingerprint density at radius 1 is 0.735 bits per heavy atom. The SMILES string of the molecule is CCC(O)OC(=O)C=CC(F)(F)C(F)(F)C(F)(F)C(F)(F)C(F)(F)C(F)(F)C(C)(F)C(F)(F)F. The summed E-state index contributed by atoms with van der Waals surface area (Å²) in [7, 11) is 0. The predicted octanol–water partition coefficient (Wildman–Crippen LogP) is 5.92. The highest BCUT2D eigenvalue weighted by Gasteiger charge is 2.93. The highest BCUT2D eigenvalue weighted by atomic mass is 19.4. The van der Waals surface area contributed by atoms with Gasteiger partial charge in [-0.3, -0.25) is 0 Å². The molecule has 0 bridgehead atoms. The highest BCUT2D eigenvalue weighted by Crippen LogP contribution is 2.63. The molecule has 0 aromatic heterocycles. The molecule has 0 aliphatic rings. The van der Waals surface area contributed by atoms with Gasteiger partial charge in [0.2, 0.25) is 6.29 Å². The van der Waals surface area contributed by atoms with Gasteiger partial charge in [0.25, 0.3) is 5.67 Å². The summed E-state index contributed by atoms with van der Waals surface area (Å²) in [6, 6.07) is 0. The van der Waals surface area contributed by atoms with Gasteiger partial charge in [0.15, 0.2) is 0 Å². The number of carbonyl (C=O) groups is 1. The lowest BCUT2D eigenvalue weighted by atomic mass is 9.85. The Morgan fingerprint density at radius 2 is 1.09 bits per heavy atom. The number of alkyl halides is 16. The van der Waals surface area contributed by atoms with Gasteiger partial charge in [-0.2, -0.15) is 65.9 Å². The van der Waals surface area contributed by atoms with Crippen LogP contribution in [0, 0.1) is 0 Å². The first-order valence-corrected chi connectivity index (χ1v) is 8.20. The zero-order chi connectivity index (χ0) is 28.0. The van der Waals surface area contributed by atoms with Crippen molar-refractivity contribution in [2.45, 2.75) is 73.9 Å². The van der Waals surface area contributed by atoms with Crippen LogP contribution in [0.25, 0.3) is 0 Å². The predicted molar refractivity (Wildman–Crippen MR) is 76.8 cm³/mol. The van der Waals surface area contributed by atoms with Crippen LogP contribution in [0.15, 0.2) is 12.2 Å². The summed E-state index contributed by atoms with van der Waals surface area (Å²) in [5.41, 5.74) is -6.75. The molecule has 0 saturated carbocycles. The number of hydrogen-bond donors (Lipinski definition) is 1. The number of aliphatic hydroxyl groups excluding tert-OH is 1. The maximum absolute atomic E-state index is 13.6. The van der Waals surface area contributed by atoms with Crippen LogP contribution in [0.2, 0.25) is 0 Å². The van der Waals surface area contributed by atoms with E-state index in [-0.39, 0.29) is 0 Å². The molecule has 202 valence electrons. The Morgan fingerprint density at radius 3 is 1.44 bits per heavy atom. The molecule has 0 saturated heterocycles. The van der Waals surface area contributed by atoms with Crippen molar-refractivity contribution in [1.82, 2.24) is 0 Å². The quantitative estimate of drug-likeness (QED) is 0.161. The van der Waals surface area contributed by atoms with Crippen molar-refractivity contribution in [1.29, 1.82) is 0 Å². The fraction of sp³-hybridized carbons (Fsp3) is 0.800. The second-order valence-corrected chi connectivity index (χ2v) is 6.63. The molecule has 0 heterocycles. The number of esters is 1. The van der Waals surface area contributed by atoms with Crippen LogP contribution in [-0.2, 0) is 9.53 Å². The van der Waals surface area contributed by atoms with E-state index in [4.69, 9.17) is 5.11 Å². The monoisotopic (exact) mass is 544 g/mol. The number of carbonyl (C=O) groups excluding carboxylic acids is 1. The average molecular weight is 544 g/mol. The van der Waals surface area contributed by atoms with E-state index in [2.05, 4.69) is 4.74 Å². The van der Waals surface area contributed by atoms with Crippen LogP contribution in [0.5, 0.6) is 0 Å². The maximum Gasteiger partial charge on any atom is 0.428 e. The molecule has 19 heteroatoms. The fourth-order valence-electron chi connectivity index (χ4n) is 1.81. The maximum atomic E-state index is 13.6. The molecule has 1 N–H and O–H groups in total. The Labute approximate surface area is 178 Å². The number of rotatable bonds is 10. The number of hydrogen-bond acceptors (Lipinski definition) is 3. The molecule has 0 aliphatic heterocycles. The van der Waals surface area contributed by atoms with E-state index >= 15 is 0 Å². The summed E-state index contributed by atoms with van der Waals surface area (Å²) >= 11 is 0. The summed E-state index contributed by atoms with van der Waals surface area (Å²) in [5, 5.41) is 8.85. The lowest BCUT2D eigenvalue weighted by Crippen LogP contribution is -2.74. The highest BCUT2D eigenvalue weighted by molar-refractivity contribution is 5.82. The van der Waals surface area contributed by atoms with Crippen molar-refractivity contribution < 1.29 is 84.9 Å². The third kappa shape index (κ3) is 4.75. The van der Waals surface area contributed by atoms with Gasteiger partial charge in [0, 0.05) is 12.5 Å². The van der Waals surface area contributed by atoms with Crippen molar-refractivity contribution in [3.8, 4) is 0 Å². The molecule has 34 heavy (non-hydrogen) atoms. The minimum absolute atomic E-state index is 0.439. The number of aliphatic hydroxyl groups is 1. The Bertz CT molecular complexity index is 768. The van der Waals surface area contributed by atoms with Gasteiger partial charge in [-0.05, 0) is 13.0 Å². The van der Waals surface area contributed by atoms with Crippen LogP contribution in [0.3, 0.4) is 0 Å². The lowest BCUT2D eigenvalue weighted by molar-refractivity contribution is -0.442. The third-order valence-electron chi connectivity index (χ3n) is 4.15. The third-order valence-corrected chi connectivity index (χ3v) is 4.15. The number of halogens is 16. The van der Waals surface area contributed by atoms with Crippen molar-refractivity contribution in [2.75, 3.05) is 0 Å². The lowest BCUT2D eigenvalue weighted by Gasteiger charge is -2.43. The second kappa shape index (κ2) is 8.92. The summed E-state index contributed by atoms with van der Waals surface area (Å²) in [6.45, 7) is -0.412. The molecule has 0 aliphatic carbocycles. The second-order valence-electron chi connectivity index (χ2n) is 6.63. The van der Waals surface area contributed by atoms with Crippen LogP contribution in [0.4, 0.5) is 70.2 Å². The molecule has 3 nitrogen and oxygen atoms in total. The van der Waals surface area contributed by atoms with E-state index in [1.807, 2.05) is 0 Å². The molecule has 0 aromatic rings. The summed E-state index contributed by atoms with van der Waals surface area (Å²) in [4.78, 5) is 11.0. The molecule has 0 aromatic carbocycles. The van der Waals surface area contributed by atoms with Crippen molar-refractivity contribution >= 4 is 5.97 Å². The molecule has 0 amide bonds. The minimum atomic E-state index is -8.46. The van der Waals surface area contributed by atoms with Gasteiger partial charge in [-0.15, -0.1) is 0 Å². The molecule has 0 spiro atoms. The zero-order valence-corrected chi connectivity index (χ0v) is 16.3. The Balaban J connectivity index is 6.53. The molecule has 2 unspecified atom stereocenters. The summed E-state index contributed by atoms with van der Waals surface area (Å²) in [5.74, 6) is -49.8. The molecular formula is C15H12F16O3. The largest absolute Gasteiger partial charge is 0.433 e. The van der Waals surface area contributed by atoms with Gasteiger partial charge in [-0.1, -0.05) is 6.92 Å². The van der Waals surface area contributed by atoms with E-state index in [0.717, 1.165) is 6.92 Å². The molecule has 0 radical (unpaired) electrons. The topological polar surface area (TPSA) is 46.5 Å². The summed E-state index contributed by atoms with van der Waals surface area (Å²) < 4.78 is 216. The van der Waals surface area contributed by atoms with Crippen LogP contribution < -0.4 is 0 Å². The van der Waals surface area contributed by atoms with E-state index in [9.17, 15) is 75.0 Å². The van der Waals surface area contributed by atoms with Crippen LogP contribution in [0.1, 0.15) is 20.3 Å². The van der Waals surface area contributed by atoms with Crippen molar-refractivity contribution in [3.05, 3.63) is 12.2 Å². The number of ether oxygens (including phenoxy) is 1. The van der Waals surface area contributed by atoms with E-state index in [1.165, 1.54) is 0 Å². The molecule has 0 rings (SSSR count). The van der Waals surface area contributed by atoms with Crippen LogP contribution in [-0.4, -0.2) is 64.7 Å². The van der Waals surface area contributed by atoms with Gasteiger partial charge in [0.1, 0.15) is 0 Å². The standard InChI is InChI=1S/C15H12F16O3/c1-3-6(32)34-7(33)4-5-9(17,18)11(21,22)13(25,26)14(27,28)12(23,24)10(19,20)8(2,16)15(29,30)31/h4-6,32H,3H2,1-2H3. The van der Waals surface area contributed by atoms with Gasteiger partial charge < -0.3 is 9.84 Å². The molecular weight excluding hydrogens is 532 g/mol. The van der Waals surface area contributed by atoms with E-state index < -0.39 is 85.1 Å². The first kappa shape index (κ1) is 32.0. The Kier molecular flexibility index (Phi) is 8.41. The van der Waals surface area contributed by atoms with Gasteiger partial charge in [0.05, 0.1) is 0 Å². The fourth-order valence-corrected chi connectivity index (χ4v) is 1.81. The van der Waals surface area contributed by atoms with E-state index in [1.54, 1.807) is 0 Å². The molecule has 0 fully saturated rings. The normalized spacial score (nSPS) is 18.1. The van der Waals surface area contributed by atoms with E-state index in [0.29, 0.717) is 0 Å². The number of allylic oxidation sites excluding steroid dienone is 1. The molecule has 2 atom stereocenters. The zero-order valence-electron chi connectivity index (χ0n) is 16.3. The first-order chi connectivity index (χ1) is 14.6. The van der Waals surface area contributed by atoms with Crippen LogP contribution >= 0.6 is 0 Å². The average Bonchev–Trinajstić information content (AvgIpc) is 2.64. The Hall–Kier alpha value is -1.95. The summed E-state index contributed by atoms with van der Waals surface area (Å²) in [6.07, 6.45) is -12.2. The smallest absolute Gasteiger partial charge is 0.428 e. The van der Waals surface area contributed by atoms with Crippen molar-refractivity contribution in [2.24, 2.45) is 0 Å². The first-order valence-electron chi connectivity index (χ1n) is 8.20.